The summed E-state index contributed by atoms with van der Waals surface area (Å²) in [5.41, 5.74) is 4.16. The number of nitrogens with one attached hydrogen (secondary N) is 2. The van der Waals surface area contributed by atoms with Crippen molar-refractivity contribution in [2.24, 2.45) is 5.41 Å². The second-order valence-electron chi connectivity index (χ2n) is 10.6. The predicted molar refractivity (Wildman–Crippen MR) is 165 cm³/mol. The average molecular weight is 578 g/mol. The highest BCUT2D eigenvalue weighted by molar-refractivity contribution is 6.34. The van der Waals surface area contributed by atoms with Gasteiger partial charge in [0, 0.05) is 60.7 Å². The van der Waals surface area contributed by atoms with Crippen LogP contribution in [0.3, 0.4) is 0 Å². The van der Waals surface area contributed by atoms with E-state index in [2.05, 4.69) is 27.1 Å². The number of amides is 1. The van der Waals surface area contributed by atoms with Crippen molar-refractivity contribution in [2.75, 3.05) is 56.0 Å². The van der Waals surface area contributed by atoms with Crippen molar-refractivity contribution in [3.05, 3.63) is 77.0 Å². The molecule has 0 unspecified atom stereocenters. The Balaban J connectivity index is 1.65. The molecule has 10 heteroatoms. The molecule has 3 N–H and O–H groups in total. The highest BCUT2D eigenvalue weighted by Crippen LogP contribution is 2.40. The largest absolute Gasteiger partial charge is 0.497 e. The fraction of sp³-hybridized carbons (Fsp3) is 0.323. The van der Waals surface area contributed by atoms with E-state index < -0.39 is 0 Å². The van der Waals surface area contributed by atoms with E-state index in [1.54, 1.807) is 26.5 Å². The molecule has 2 heterocycles. The maximum atomic E-state index is 11.6. The Kier molecular flexibility index (Phi) is 9.52. The van der Waals surface area contributed by atoms with Crippen molar-refractivity contribution >= 4 is 46.6 Å². The smallest absolute Gasteiger partial charge is 0.247 e. The highest BCUT2D eigenvalue weighted by Gasteiger charge is 2.25. The zero-order valence-corrected chi connectivity index (χ0v) is 24.6. The van der Waals surface area contributed by atoms with Gasteiger partial charge in [-0.3, -0.25) is 4.79 Å². The van der Waals surface area contributed by atoms with Crippen LogP contribution in [0.1, 0.15) is 30.5 Å². The number of aliphatic hydroxyl groups is 1. The van der Waals surface area contributed by atoms with Crippen molar-refractivity contribution in [3.8, 4) is 11.5 Å². The molecule has 3 aromatic rings. The number of benzene rings is 2. The normalized spacial score (nSPS) is 12.7. The van der Waals surface area contributed by atoms with Crippen molar-refractivity contribution in [2.45, 2.75) is 20.3 Å². The summed E-state index contributed by atoms with van der Waals surface area (Å²) >= 11 is 6.77. The Morgan fingerprint density at radius 3 is 2.63 bits per heavy atom. The van der Waals surface area contributed by atoms with Gasteiger partial charge in [0.05, 0.1) is 19.2 Å². The van der Waals surface area contributed by atoms with Crippen LogP contribution in [0.2, 0.25) is 5.02 Å². The number of hydrogen-bond acceptors (Lipinski definition) is 8. The minimum absolute atomic E-state index is 0.0456. The first-order valence-corrected chi connectivity index (χ1v) is 13.7. The topological polar surface area (TPSA) is 109 Å². The average Bonchev–Trinajstić information content (AvgIpc) is 2.99. The second kappa shape index (κ2) is 13.1. The quantitative estimate of drug-likeness (QED) is 0.249. The molecular weight excluding hydrogens is 542 g/mol. The number of fused-ring (bicyclic) bond motifs is 1. The molecule has 1 aliphatic rings. The van der Waals surface area contributed by atoms with Crippen LogP contribution in [0, 0.1) is 5.41 Å². The van der Waals surface area contributed by atoms with Gasteiger partial charge < -0.3 is 30.1 Å². The Morgan fingerprint density at radius 1 is 1.22 bits per heavy atom. The Hall–Kier alpha value is -4.08. The fourth-order valence-electron chi connectivity index (χ4n) is 4.34. The van der Waals surface area contributed by atoms with E-state index in [4.69, 9.17) is 26.1 Å². The molecule has 1 aliphatic heterocycles. The molecule has 0 saturated heterocycles. The van der Waals surface area contributed by atoms with Gasteiger partial charge in [0.15, 0.2) is 0 Å². The Morgan fingerprint density at radius 2 is 1.98 bits per heavy atom. The van der Waals surface area contributed by atoms with Gasteiger partial charge in [-0.1, -0.05) is 44.2 Å². The summed E-state index contributed by atoms with van der Waals surface area (Å²) < 4.78 is 11.0. The van der Waals surface area contributed by atoms with Crippen molar-refractivity contribution < 1.29 is 19.4 Å². The first kappa shape index (κ1) is 29.9. The minimum atomic E-state index is -0.314. The first-order valence-electron chi connectivity index (χ1n) is 13.3. The van der Waals surface area contributed by atoms with Crippen LogP contribution in [-0.4, -0.2) is 61.4 Å². The summed E-state index contributed by atoms with van der Waals surface area (Å²) in [7, 11) is 3.19. The molecule has 4 rings (SSSR count). The predicted octanol–water partition coefficient (Wildman–Crippen LogP) is 5.31. The zero-order valence-electron chi connectivity index (χ0n) is 23.8. The summed E-state index contributed by atoms with van der Waals surface area (Å²) in [6.07, 6.45) is 5.82. The number of hydrogen-bond donors (Lipinski definition) is 3. The van der Waals surface area contributed by atoms with E-state index in [9.17, 15) is 9.90 Å². The summed E-state index contributed by atoms with van der Waals surface area (Å²) in [6.45, 7) is 9.22. The lowest BCUT2D eigenvalue weighted by molar-refractivity contribution is -0.111. The van der Waals surface area contributed by atoms with Crippen LogP contribution in [0.25, 0.3) is 11.6 Å². The maximum Gasteiger partial charge on any atom is 0.247 e. The summed E-state index contributed by atoms with van der Waals surface area (Å²) in [5, 5.41) is 16.2. The van der Waals surface area contributed by atoms with Crippen molar-refractivity contribution in [1.82, 2.24) is 9.97 Å². The first-order chi connectivity index (χ1) is 19.7. The van der Waals surface area contributed by atoms with Gasteiger partial charge in [-0.15, -0.1) is 0 Å². The third kappa shape index (κ3) is 7.36. The van der Waals surface area contributed by atoms with Gasteiger partial charge in [-0.2, -0.15) is 4.98 Å². The van der Waals surface area contributed by atoms with E-state index in [0.29, 0.717) is 47.8 Å². The van der Waals surface area contributed by atoms with Crippen LogP contribution >= 0.6 is 11.6 Å². The van der Waals surface area contributed by atoms with Gasteiger partial charge in [0.25, 0.3) is 0 Å². The van der Waals surface area contributed by atoms with Crippen LogP contribution in [0.4, 0.5) is 17.5 Å². The molecule has 0 bridgehead atoms. The van der Waals surface area contributed by atoms with E-state index in [-0.39, 0.29) is 17.9 Å². The van der Waals surface area contributed by atoms with Gasteiger partial charge in [0.1, 0.15) is 17.3 Å². The number of anilines is 3. The van der Waals surface area contributed by atoms with Crippen LogP contribution < -0.4 is 25.0 Å². The molecular formula is C31H36ClN5O4. The van der Waals surface area contributed by atoms with Gasteiger partial charge in [0.2, 0.25) is 11.9 Å². The number of carbonyl (C=O) groups is 1. The maximum absolute atomic E-state index is 11.6. The van der Waals surface area contributed by atoms with E-state index in [1.165, 1.54) is 6.08 Å². The van der Waals surface area contributed by atoms with Crippen LogP contribution in [0.5, 0.6) is 11.5 Å². The van der Waals surface area contributed by atoms with Crippen molar-refractivity contribution in [3.63, 3.8) is 0 Å². The molecule has 0 radical (unpaired) electrons. The third-order valence-corrected chi connectivity index (χ3v) is 7.22. The number of aromatic nitrogens is 2. The van der Waals surface area contributed by atoms with E-state index >= 15 is 0 Å². The van der Waals surface area contributed by atoms with Crippen LogP contribution in [-0.2, 0) is 11.2 Å². The number of rotatable bonds is 12. The Labute approximate surface area is 245 Å². The van der Waals surface area contributed by atoms with E-state index in [0.717, 1.165) is 34.5 Å². The third-order valence-electron chi connectivity index (χ3n) is 6.83. The second-order valence-corrected chi connectivity index (χ2v) is 10.9. The molecule has 0 atom stereocenters. The standard InChI is InChI=1S/C31H36ClN5O4/c1-6-27(39)35-23-9-7-20(8-10-23)11-12-37-17-22(25-14-24(40-4)15-26(41-5)28(25)32)13-21-16-33-30(36-29(21)37)34-18-31(2,3)19-38/h6-10,13-16,38H,1,11-12,17-19H2,2-5H3,(H,35,39)(H,33,34,36). The highest BCUT2D eigenvalue weighted by atomic mass is 35.5. The molecule has 0 fully saturated rings. The molecule has 41 heavy (non-hydrogen) atoms. The van der Waals surface area contributed by atoms with Crippen LogP contribution in [0.15, 0.2) is 55.3 Å². The number of ether oxygens (including phenoxy) is 2. The van der Waals surface area contributed by atoms with Gasteiger partial charge >= 0.3 is 0 Å². The molecule has 1 amide bonds. The molecule has 2 aromatic carbocycles. The zero-order chi connectivity index (χ0) is 29.6. The summed E-state index contributed by atoms with van der Waals surface area (Å²) in [5.74, 6) is 2.22. The molecule has 1 aromatic heterocycles. The molecule has 0 spiro atoms. The number of halogens is 1. The minimum Gasteiger partial charge on any atom is -0.497 e. The number of nitrogens with zero attached hydrogens (tertiary/aromatic N) is 3. The SMILES string of the molecule is C=CC(=O)Nc1ccc(CCN2CC(c3cc(OC)cc(OC)c3Cl)=Cc3cnc(NCC(C)(C)CO)nc32)cc1. The molecule has 0 aliphatic carbocycles. The summed E-state index contributed by atoms with van der Waals surface area (Å²) in [4.78, 5) is 23.2. The van der Waals surface area contributed by atoms with Gasteiger partial charge in [-0.05, 0) is 47.9 Å². The number of aliphatic hydroxyl groups excluding tert-OH is 1. The fourth-order valence-corrected chi connectivity index (χ4v) is 4.65. The number of carbonyl (C=O) groups excluding carboxylic acids is 1. The lowest BCUT2D eigenvalue weighted by Gasteiger charge is -2.31. The molecule has 9 nitrogen and oxygen atoms in total. The van der Waals surface area contributed by atoms with Gasteiger partial charge in [-0.25, -0.2) is 4.98 Å². The lowest BCUT2D eigenvalue weighted by Crippen LogP contribution is -2.32. The monoisotopic (exact) mass is 577 g/mol. The molecule has 216 valence electrons. The molecule has 0 saturated carbocycles. The van der Waals surface area contributed by atoms with Crippen molar-refractivity contribution in [1.29, 1.82) is 0 Å². The summed E-state index contributed by atoms with van der Waals surface area (Å²) in [6, 6.07) is 11.4. The number of methoxy groups -OCH3 is 2. The Bertz CT molecular complexity index is 1440. The lowest BCUT2D eigenvalue weighted by atomic mass is 9.95. The van der Waals surface area contributed by atoms with E-state index in [1.807, 2.05) is 50.3 Å².